The highest BCUT2D eigenvalue weighted by molar-refractivity contribution is 6.08. The Balaban J connectivity index is 1.84. The first-order chi connectivity index (χ1) is 12.1. The van der Waals surface area contributed by atoms with Crippen molar-refractivity contribution < 1.29 is 4.79 Å². The molecule has 1 aliphatic rings. The molecule has 1 saturated carbocycles. The van der Waals surface area contributed by atoms with Gasteiger partial charge in [0.05, 0.1) is 5.52 Å². The second-order valence-electron chi connectivity index (χ2n) is 6.81. The van der Waals surface area contributed by atoms with Gasteiger partial charge in [0.25, 0.3) is 0 Å². The molecule has 3 rings (SSSR count). The fourth-order valence-electron chi connectivity index (χ4n) is 3.48. The van der Waals surface area contributed by atoms with Crippen LogP contribution in [0.3, 0.4) is 0 Å². The standard InChI is InChI=1S/C19H25N5O/c1-24(2)16-6-4-15(5-7-16)23-19-17-9-13(14(10-20)11-25)3-8-18(17)21-12-22-19/h3,8-12,15-16H,4-7,20H2,1-2H3,(H,21,22,23)/b14-10+. The van der Waals surface area contributed by atoms with Gasteiger partial charge in [0.1, 0.15) is 12.1 Å². The number of benzene rings is 1. The van der Waals surface area contributed by atoms with E-state index < -0.39 is 0 Å². The van der Waals surface area contributed by atoms with E-state index in [0.29, 0.717) is 17.7 Å². The quantitative estimate of drug-likeness (QED) is 0.643. The van der Waals surface area contributed by atoms with Crippen LogP contribution in [0.15, 0.2) is 30.7 Å². The van der Waals surface area contributed by atoms with Gasteiger partial charge in [-0.25, -0.2) is 9.97 Å². The maximum Gasteiger partial charge on any atom is 0.152 e. The summed E-state index contributed by atoms with van der Waals surface area (Å²) in [4.78, 5) is 22.2. The zero-order chi connectivity index (χ0) is 17.8. The Hall–Kier alpha value is -2.47. The maximum atomic E-state index is 11.2. The number of nitrogens with one attached hydrogen (secondary N) is 1. The van der Waals surface area contributed by atoms with E-state index in [9.17, 15) is 4.79 Å². The van der Waals surface area contributed by atoms with Crippen LogP contribution < -0.4 is 11.1 Å². The third-order valence-corrected chi connectivity index (χ3v) is 5.04. The van der Waals surface area contributed by atoms with Gasteiger partial charge in [-0.05, 0) is 57.5 Å². The zero-order valence-electron chi connectivity index (χ0n) is 14.8. The number of fused-ring (bicyclic) bond motifs is 1. The molecule has 0 aliphatic heterocycles. The van der Waals surface area contributed by atoms with E-state index >= 15 is 0 Å². The lowest BCUT2D eigenvalue weighted by Gasteiger charge is -2.33. The molecule has 0 spiro atoms. The Labute approximate surface area is 148 Å². The molecule has 0 amide bonds. The minimum Gasteiger partial charge on any atom is -0.404 e. The molecule has 1 aromatic heterocycles. The Morgan fingerprint density at radius 3 is 2.64 bits per heavy atom. The summed E-state index contributed by atoms with van der Waals surface area (Å²) in [6, 6.07) is 6.75. The van der Waals surface area contributed by atoms with E-state index in [2.05, 4.69) is 34.3 Å². The van der Waals surface area contributed by atoms with Gasteiger partial charge >= 0.3 is 0 Å². The fourth-order valence-corrected chi connectivity index (χ4v) is 3.48. The van der Waals surface area contributed by atoms with Gasteiger partial charge in [0.15, 0.2) is 6.29 Å². The molecule has 0 saturated heterocycles. The lowest BCUT2D eigenvalue weighted by Crippen LogP contribution is -2.36. The van der Waals surface area contributed by atoms with Crippen molar-refractivity contribution in [2.24, 2.45) is 5.73 Å². The van der Waals surface area contributed by atoms with Crippen molar-refractivity contribution in [2.75, 3.05) is 19.4 Å². The molecule has 6 heteroatoms. The zero-order valence-corrected chi connectivity index (χ0v) is 14.8. The van der Waals surface area contributed by atoms with Crippen LogP contribution in [0.1, 0.15) is 31.2 Å². The first-order valence-electron chi connectivity index (χ1n) is 8.67. The highest BCUT2D eigenvalue weighted by Gasteiger charge is 2.23. The predicted molar refractivity (Wildman–Crippen MR) is 101 cm³/mol. The van der Waals surface area contributed by atoms with Crippen LogP contribution >= 0.6 is 0 Å². The van der Waals surface area contributed by atoms with E-state index in [1.165, 1.54) is 19.0 Å². The number of aldehydes is 1. The van der Waals surface area contributed by atoms with Crippen molar-refractivity contribution in [3.63, 3.8) is 0 Å². The first kappa shape index (κ1) is 17.4. The summed E-state index contributed by atoms with van der Waals surface area (Å²) < 4.78 is 0. The van der Waals surface area contributed by atoms with E-state index in [0.717, 1.165) is 41.4 Å². The monoisotopic (exact) mass is 339 g/mol. The molecule has 25 heavy (non-hydrogen) atoms. The summed E-state index contributed by atoms with van der Waals surface area (Å²) in [7, 11) is 4.29. The lowest BCUT2D eigenvalue weighted by molar-refractivity contribution is -0.103. The molecule has 132 valence electrons. The summed E-state index contributed by atoms with van der Waals surface area (Å²) in [6.07, 6.45) is 8.28. The van der Waals surface area contributed by atoms with E-state index in [-0.39, 0.29) is 0 Å². The highest BCUT2D eigenvalue weighted by atomic mass is 16.1. The average Bonchev–Trinajstić information content (AvgIpc) is 2.63. The SMILES string of the molecule is CN(C)C1CCC(Nc2ncnc3ccc(/C(C=O)=C/N)cc23)CC1. The molecule has 3 N–H and O–H groups in total. The lowest BCUT2D eigenvalue weighted by atomic mass is 9.90. The number of nitrogens with zero attached hydrogens (tertiary/aromatic N) is 3. The van der Waals surface area contributed by atoms with E-state index in [4.69, 9.17) is 5.73 Å². The molecule has 1 heterocycles. The third-order valence-electron chi connectivity index (χ3n) is 5.04. The number of allylic oxidation sites excluding steroid dienone is 1. The molecule has 0 unspecified atom stereocenters. The van der Waals surface area contributed by atoms with Crippen LogP contribution in [0.2, 0.25) is 0 Å². The van der Waals surface area contributed by atoms with Crippen molar-refractivity contribution in [3.8, 4) is 0 Å². The van der Waals surface area contributed by atoms with E-state index in [1.54, 1.807) is 6.33 Å². The van der Waals surface area contributed by atoms with Crippen LogP contribution in [-0.4, -0.2) is 47.3 Å². The van der Waals surface area contributed by atoms with Crippen LogP contribution in [0.5, 0.6) is 0 Å². The third kappa shape index (κ3) is 3.79. The number of carbonyl (C=O) groups is 1. The van der Waals surface area contributed by atoms with Gasteiger partial charge in [-0.1, -0.05) is 6.07 Å². The minimum absolute atomic E-state index is 0.411. The van der Waals surface area contributed by atoms with Gasteiger partial charge in [0.2, 0.25) is 0 Å². The molecule has 1 fully saturated rings. The number of anilines is 1. The van der Waals surface area contributed by atoms with Crippen LogP contribution in [-0.2, 0) is 4.79 Å². The molecule has 1 aliphatic carbocycles. The normalized spacial score (nSPS) is 21.5. The number of nitrogens with two attached hydrogens (primary N) is 1. The molecule has 6 nitrogen and oxygen atoms in total. The molecule has 0 bridgehead atoms. The second kappa shape index (κ2) is 7.61. The van der Waals surface area contributed by atoms with Crippen LogP contribution in [0.4, 0.5) is 5.82 Å². The van der Waals surface area contributed by atoms with Crippen molar-refractivity contribution in [1.29, 1.82) is 0 Å². The summed E-state index contributed by atoms with van der Waals surface area (Å²) in [5, 5.41) is 4.49. The first-order valence-corrected chi connectivity index (χ1v) is 8.67. The van der Waals surface area contributed by atoms with Gasteiger partial charge in [-0.15, -0.1) is 0 Å². The number of rotatable bonds is 5. The largest absolute Gasteiger partial charge is 0.404 e. The molecule has 0 radical (unpaired) electrons. The number of carbonyl (C=O) groups excluding carboxylic acids is 1. The Morgan fingerprint density at radius 2 is 2.00 bits per heavy atom. The topological polar surface area (TPSA) is 84.1 Å². The Kier molecular flexibility index (Phi) is 5.28. The molecule has 1 aromatic carbocycles. The minimum atomic E-state index is 0.411. The smallest absolute Gasteiger partial charge is 0.152 e. The van der Waals surface area contributed by atoms with Gasteiger partial charge in [-0.3, -0.25) is 4.79 Å². The van der Waals surface area contributed by atoms with E-state index in [1.807, 2.05) is 18.2 Å². The second-order valence-corrected chi connectivity index (χ2v) is 6.81. The molecule has 2 aromatic rings. The summed E-state index contributed by atoms with van der Waals surface area (Å²) >= 11 is 0. The number of hydrogen-bond acceptors (Lipinski definition) is 6. The van der Waals surface area contributed by atoms with Crippen molar-refractivity contribution in [1.82, 2.24) is 14.9 Å². The Morgan fingerprint density at radius 1 is 1.24 bits per heavy atom. The van der Waals surface area contributed by atoms with Gasteiger partial charge in [-0.2, -0.15) is 0 Å². The summed E-state index contributed by atoms with van der Waals surface area (Å²) in [5.41, 5.74) is 7.63. The average molecular weight is 339 g/mol. The maximum absolute atomic E-state index is 11.2. The molecular formula is C19H25N5O. The van der Waals surface area contributed by atoms with Crippen molar-refractivity contribution in [2.45, 2.75) is 37.8 Å². The van der Waals surface area contributed by atoms with Gasteiger partial charge in [0, 0.05) is 29.2 Å². The van der Waals surface area contributed by atoms with Crippen LogP contribution in [0.25, 0.3) is 16.5 Å². The number of hydrogen-bond donors (Lipinski definition) is 2. The summed E-state index contributed by atoms with van der Waals surface area (Å²) in [5.74, 6) is 0.822. The molecular weight excluding hydrogens is 314 g/mol. The molecule has 0 atom stereocenters. The Bertz CT molecular complexity index is 778. The van der Waals surface area contributed by atoms with Crippen LogP contribution in [0, 0.1) is 0 Å². The predicted octanol–water partition coefficient (Wildman–Crippen LogP) is 2.41. The van der Waals surface area contributed by atoms with Gasteiger partial charge < -0.3 is 16.0 Å². The summed E-state index contributed by atoms with van der Waals surface area (Å²) in [6.45, 7) is 0. The van der Waals surface area contributed by atoms with Crippen molar-refractivity contribution >= 4 is 28.6 Å². The fraction of sp³-hybridized carbons (Fsp3) is 0.421. The highest BCUT2D eigenvalue weighted by Crippen LogP contribution is 2.28. The van der Waals surface area contributed by atoms with Crippen molar-refractivity contribution in [3.05, 3.63) is 36.3 Å². The number of aromatic nitrogens is 2.